The monoisotopic (exact) mass is 392 g/mol. The van der Waals surface area contributed by atoms with Crippen LogP contribution in [0.3, 0.4) is 0 Å². The van der Waals surface area contributed by atoms with Crippen LogP contribution in [0.5, 0.6) is 17.2 Å². The molecule has 0 aliphatic heterocycles. The third kappa shape index (κ3) is 6.57. The fraction of sp³-hybridized carbons (Fsp3) is 0.350. The van der Waals surface area contributed by atoms with Gasteiger partial charge in [0.2, 0.25) is 0 Å². The molecule has 0 bridgehead atoms. The maximum absolute atomic E-state index is 12.2. The highest BCUT2D eigenvalue weighted by atomic mass is 35.5. The molecule has 0 aliphatic carbocycles. The average molecular weight is 393 g/mol. The number of rotatable bonds is 9. The highest BCUT2D eigenvalue weighted by molar-refractivity contribution is 6.30. The van der Waals surface area contributed by atoms with E-state index >= 15 is 0 Å². The average Bonchev–Trinajstić information content (AvgIpc) is 2.68. The zero-order valence-corrected chi connectivity index (χ0v) is 16.6. The Balaban J connectivity index is 1.73. The quantitative estimate of drug-likeness (QED) is 0.708. The second-order valence-corrected chi connectivity index (χ2v) is 6.32. The van der Waals surface area contributed by atoms with Gasteiger partial charge in [0.05, 0.1) is 20.8 Å². The van der Waals surface area contributed by atoms with Crippen LogP contribution in [0.1, 0.15) is 5.56 Å². The maximum Gasteiger partial charge on any atom is 0.317 e. The lowest BCUT2D eigenvalue weighted by molar-refractivity contribution is 0.195. The SMILES string of the molecule is COc1ccc(CCNC(=O)N(C)CCOc2cccc(Cl)c2)c(OC)c1. The molecule has 7 heteroatoms. The van der Waals surface area contributed by atoms with E-state index in [1.165, 1.54) is 0 Å². The minimum atomic E-state index is -0.155. The molecule has 0 aliphatic rings. The van der Waals surface area contributed by atoms with Gasteiger partial charge in [-0.25, -0.2) is 4.79 Å². The van der Waals surface area contributed by atoms with Crippen molar-refractivity contribution in [3.05, 3.63) is 53.1 Å². The number of hydrogen-bond acceptors (Lipinski definition) is 4. The van der Waals surface area contributed by atoms with Crippen molar-refractivity contribution in [2.75, 3.05) is 41.0 Å². The number of methoxy groups -OCH3 is 2. The Morgan fingerprint density at radius 1 is 1.11 bits per heavy atom. The molecule has 2 aromatic carbocycles. The molecule has 0 spiro atoms. The summed E-state index contributed by atoms with van der Waals surface area (Å²) in [6.45, 7) is 1.35. The number of nitrogens with one attached hydrogen (secondary N) is 1. The van der Waals surface area contributed by atoms with Gasteiger partial charge in [0, 0.05) is 24.7 Å². The molecule has 0 saturated carbocycles. The van der Waals surface area contributed by atoms with Crippen LogP contribution in [0, 0.1) is 0 Å². The topological polar surface area (TPSA) is 60.0 Å². The smallest absolute Gasteiger partial charge is 0.317 e. The molecule has 1 N–H and O–H groups in total. The molecule has 146 valence electrons. The first-order valence-corrected chi connectivity index (χ1v) is 8.99. The van der Waals surface area contributed by atoms with Crippen LogP contribution in [-0.2, 0) is 6.42 Å². The number of likely N-dealkylation sites (N-methyl/N-ethyl adjacent to an activating group) is 1. The molecular formula is C20H25ClN2O4. The van der Waals surface area contributed by atoms with Crippen LogP contribution in [0.15, 0.2) is 42.5 Å². The largest absolute Gasteiger partial charge is 0.497 e. The molecule has 0 fully saturated rings. The number of carbonyl (C=O) groups excluding carboxylic acids is 1. The normalized spacial score (nSPS) is 10.2. The summed E-state index contributed by atoms with van der Waals surface area (Å²) in [4.78, 5) is 13.8. The Labute approximate surface area is 165 Å². The number of urea groups is 1. The molecule has 2 aromatic rings. The van der Waals surface area contributed by atoms with E-state index in [1.807, 2.05) is 30.3 Å². The van der Waals surface area contributed by atoms with Gasteiger partial charge in [-0.15, -0.1) is 0 Å². The van der Waals surface area contributed by atoms with Gasteiger partial charge in [-0.3, -0.25) is 0 Å². The highest BCUT2D eigenvalue weighted by Crippen LogP contribution is 2.24. The van der Waals surface area contributed by atoms with Gasteiger partial charge in [-0.1, -0.05) is 23.7 Å². The molecule has 0 saturated heterocycles. The van der Waals surface area contributed by atoms with E-state index in [2.05, 4.69) is 5.32 Å². The fourth-order valence-corrected chi connectivity index (χ4v) is 2.64. The number of nitrogens with zero attached hydrogens (tertiary/aromatic N) is 1. The van der Waals surface area contributed by atoms with Crippen molar-refractivity contribution in [1.29, 1.82) is 0 Å². The Hall–Kier alpha value is -2.60. The second-order valence-electron chi connectivity index (χ2n) is 5.89. The Morgan fingerprint density at radius 2 is 1.93 bits per heavy atom. The third-order valence-corrected chi connectivity index (χ3v) is 4.24. The predicted molar refractivity (Wildman–Crippen MR) is 106 cm³/mol. The van der Waals surface area contributed by atoms with Gasteiger partial charge in [0.15, 0.2) is 0 Å². The standard InChI is InChI=1S/C20H25ClN2O4/c1-23(11-12-27-18-6-4-5-16(21)13-18)20(24)22-10-9-15-7-8-17(25-2)14-19(15)26-3/h4-8,13-14H,9-12H2,1-3H3,(H,22,24). The molecule has 2 rings (SSSR count). The molecule has 6 nitrogen and oxygen atoms in total. The van der Waals surface area contributed by atoms with Gasteiger partial charge < -0.3 is 24.4 Å². The highest BCUT2D eigenvalue weighted by Gasteiger charge is 2.10. The number of hydrogen-bond donors (Lipinski definition) is 1. The summed E-state index contributed by atoms with van der Waals surface area (Å²) in [5, 5.41) is 3.51. The van der Waals surface area contributed by atoms with Crippen molar-refractivity contribution in [2.45, 2.75) is 6.42 Å². The van der Waals surface area contributed by atoms with E-state index in [9.17, 15) is 4.79 Å². The molecule has 2 amide bonds. The molecular weight excluding hydrogens is 368 g/mol. The van der Waals surface area contributed by atoms with E-state index in [1.54, 1.807) is 38.3 Å². The van der Waals surface area contributed by atoms with Gasteiger partial charge >= 0.3 is 6.03 Å². The molecule has 0 atom stereocenters. The van der Waals surface area contributed by atoms with E-state index in [0.29, 0.717) is 36.9 Å². The minimum absolute atomic E-state index is 0.155. The van der Waals surface area contributed by atoms with Gasteiger partial charge in [-0.2, -0.15) is 0 Å². The van der Waals surface area contributed by atoms with E-state index < -0.39 is 0 Å². The van der Waals surface area contributed by atoms with Crippen LogP contribution in [0.4, 0.5) is 4.79 Å². The van der Waals surface area contributed by atoms with E-state index in [0.717, 1.165) is 17.1 Å². The maximum atomic E-state index is 12.2. The van der Waals surface area contributed by atoms with Crippen LogP contribution < -0.4 is 19.5 Å². The molecule has 27 heavy (non-hydrogen) atoms. The molecule has 0 aromatic heterocycles. The van der Waals surface area contributed by atoms with Crippen molar-refractivity contribution in [3.8, 4) is 17.2 Å². The number of halogens is 1. The van der Waals surface area contributed by atoms with Crippen molar-refractivity contribution < 1.29 is 19.0 Å². The predicted octanol–water partition coefficient (Wildman–Crippen LogP) is 3.62. The first-order valence-electron chi connectivity index (χ1n) is 8.61. The molecule has 0 heterocycles. The first-order chi connectivity index (χ1) is 13.0. The van der Waals surface area contributed by atoms with Gasteiger partial charge in [0.1, 0.15) is 23.9 Å². The second kappa shape index (κ2) is 10.5. The number of carbonyl (C=O) groups is 1. The lowest BCUT2D eigenvalue weighted by atomic mass is 10.1. The molecule has 0 unspecified atom stereocenters. The summed E-state index contributed by atoms with van der Waals surface area (Å²) >= 11 is 5.91. The van der Waals surface area contributed by atoms with Crippen LogP contribution in [0.25, 0.3) is 0 Å². The number of ether oxygens (including phenoxy) is 3. The first kappa shape index (κ1) is 20.7. The fourth-order valence-electron chi connectivity index (χ4n) is 2.46. The third-order valence-electron chi connectivity index (χ3n) is 4.00. The van der Waals surface area contributed by atoms with Crippen molar-refractivity contribution in [3.63, 3.8) is 0 Å². The summed E-state index contributed by atoms with van der Waals surface area (Å²) in [5.74, 6) is 2.16. The summed E-state index contributed by atoms with van der Waals surface area (Å²) in [6.07, 6.45) is 0.658. The number of benzene rings is 2. The number of amides is 2. The zero-order valence-electron chi connectivity index (χ0n) is 15.8. The van der Waals surface area contributed by atoms with Crippen molar-refractivity contribution in [2.24, 2.45) is 0 Å². The summed E-state index contributed by atoms with van der Waals surface area (Å²) in [5.41, 5.74) is 1.01. The summed E-state index contributed by atoms with van der Waals surface area (Å²) in [6, 6.07) is 12.7. The van der Waals surface area contributed by atoms with E-state index in [4.69, 9.17) is 25.8 Å². The molecule has 0 radical (unpaired) electrons. The summed E-state index contributed by atoms with van der Waals surface area (Å²) in [7, 11) is 4.95. The Bertz CT molecular complexity index is 755. The van der Waals surface area contributed by atoms with Crippen molar-refractivity contribution in [1.82, 2.24) is 10.2 Å². The van der Waals surface area contributed by atoms with Gasteiger partial charge in [0.25, 0.3) is 0 Å². The zero-order chi connectivity index (χ0) is 19.6. The van der Waals surface area contributed by atoms with Crippen LogP contribution in [0.2, 0.25) is 5.02 Å². The minimum Gasteiger partial charge on any atom is -0.497 e. The Morgan fingerprint density at radius 3 is 2.63 bits per heavy atom. The summed E-state index contributed by atoms with van der Waals surface area (Å²) < 4.78 is 16.2. The van der Waals surface area contributed by atoms with E-state index in [-0.39, 0.29) is 6.03 Å². The Kier molecular flexibility index (Phi) is 8.07. The lowest BCUT2D eigenvalue weighted by Crippen LogP contribution is -2.40. The van der Waals surface area contributed by atoms with Crippen LogP contribution in [-0.4, -0.2) is 51.9 Å². The van der Waals surface area contributed by atoms with Gasteiger partial charge in [-0.05, 0) is 36.2 Å². The van der Waals surface area contributed by atoms with Crippen molar-refractivity contribution >= 4 is 17.6 Å². The van der Waals surface area contributed by atoms with Crippen LogP contribution >= 0.6 is 11.6 Å². The lowest BCUT2D eigenvalue weighted by Gasteiger charge is -2.18.